The van der Waals surface area contributed by atoms with Crippen molar-refractivity contribution in [1.29, 1.82) is 0 Å². The van der Waals surface area contributed by atoms with Crippen LogP contribution in [0, 0.1) is 11.8 Å². The van der Waals surface area contributed by atoms with Crippen molar-refractivity contribution in [3.8, 4) is 0 Å². The summed E-state index contributed by atoms with van der Waals surface area (Å²) in [6.07, 6.45) is 2.80. The second kappa shape index (κ2) is 4.84. The lowest BCUT2D eigenvalue weighted by Gasteiger charge is -2.33. The average Bonchev–Trinajstić information content (AvgIpc) is 2.28. The quantitative estimate of drug-likeness (QED) is 0.746. The molecule has 0 aromatic rings. The fraction of sp³-hybridized carbons (Fsp3) is 0.692. The minimum atomic E-state index is -4.20. The summed E-state index contributed by atoms with van der Waals surface area (Å²) >= 11 is 0. The zero-order valence-electron chi connectivity index (χ0n) is 9.93. The first-order chi connectivity index (χ1) is 7.97. The Kier molecular flexibility index (Phi) is 3.61. The Labute approximate surface area is 99.8 Å². The lowest BCUT2D eigenvalue weighted by molar-refractivity contribution is -0.0887. The molecule has 0 radical (unpaired) electrons. The van der Waals surface area contributed by atoms with Crippen molar-refractivity contribution in [2.45, 2.75) is 38.4 Å². The molecule has 1 fully saturated rings. The molecule has 1 N–H and O–H groups in total. The topological polar surface area (TPSA) is 12.0 Å². The molecule has 0 amide bonds. The highest BCUT2D eigenvalue weighted by Crippen LogP contribution is 2.33. The van der Waals surface area contributed by atoms with Gasteiger partial charge in [-0.1, -0.05) is 25.2 Å². The van der Waals surface area contributed by atoms with E-state index in [9.17, 15) is 13.2 Å². The molecule has 1 heterocycles. The van der Waals surface area contributed by atoms with Gasteiger partial charge in [-0.3, -0.25) is 0 Å². The number of rotatable bonds is 1. The molecule has 0 spiro atoms. The number of nitrogens with one attached hydrogen (secondary N) is 1. The third-order valence-electron chi connectivity index (χ3n) is 3.68. The normalized spacial score (nSPS) is 34.6. The van der Waals surface area contributed by atoms with Gasteiger partial charge in [-0.15, -0.1) is 0 Å². The van der Waals surface area contributed by atoms with E-state index < -0.39 is 11.7 Å². The molecule has 2 unspecified atom stereocenters. The third-order valence-corrected chi connectivity index (χ3v) is 3.68. The van der Waals surface area contributed by atoms with E-state index in [0.717, 1.165) is 19.4 Å². The predicted molar refractivity (Wildman–Crippen MR) is 61.6 cm³/mol. The van der Waals surface area contributed by atoms with Crippen LogP contribution in [0.15, 0.2) is 23.8 Å². The Bertz CT molecular complexity index is 330. The molecule has 0 bridgehead atoms. The first-order valence-corrected chi connectivity index (χ1v) is 6.16. The van der Waals surface area contributed by atoms with E-state index in [-0.39, 0.29) is 5.92 Å². The Morgan fingerprint density at radius 1 is 1.35 bits per heavy atom. The van der Waals surface area contributed by atoms with Gasteiger partial charge < -0.3 is 5.32 Å². The van der Waals surface area contributed by atoms with Gasteiger partial charge in [0.25, 0.3) is 0 Å². The monoisotopic (exact) mass is 245 g/mol. The molecule has 17 heavy (non-hydrogen) atoms. The van der Waals surface area contributed by atoms with Gasteiger partial charge in [0.1, 0.15) is 0 Å². The number of halogens is 3. The number of allylic oxidation sites excluding steroid dienone is 3. The first-order valence-electron chi connectivity index (χ1n) is 6.16. The van der Waals surface area contributed by atoms with Crippen LogP contribution in [0.1, 0.15) is 26.2 Å². The standard InChI is InChI=1S/C13H18F3N/c1-9-6-7-17-12(8-9)10-2-4-11(5-3-10)13(14,15)16/h2,4-5,9-10,12,17H,3,6-8H2,1H3/t9?,10?,12-/m1/s1. The van der Waals surface area contributed by atoms with Crippen molar-refractivity contribution < 1.29 is 13.2 Å². The van der Waals surface area contributed by atoms with Gasteiger partial charge in [-0.05, 0) is 37.6 Å². The van der Waals surface area contributed by atoms with E-state index in [1.165, 1.54) is 12.2 Å². The van der Waals surface area contributed by atoms with Crippen LogP contribution in [0.25, 0.3) is 0 Å². The minimum Gasteiger partial charge on any atom is -0.313 e. The molecule has 1 aliphatic carbocycles. The van der Waals surface area contributed by atoms with Crippen molar-refractivity contribution in [2.24, 2.45) is 11.8 Å². The summed E-state index contributed by atoms with van der Waals surface area (Å²) in [5.74, 6) is 0.881. The van der Waals surface area contributed by atoms with E-state index in [1.54, 1.807) is 6.08 Å². The lowest BCUT2D eigenvalue weighted by atomic mass is 9.82. The van der Waals surface area contributed by atoms with E-state index in [4.69, 9.17) is 0 Å². The van der Waals surface area contributed by atoms with Gasteiger partial charge in [0.15, 0.2) is 0 Å². The van der Waals surface area contributed by atoms with E-state index >= 15 is 0 Å². The number of hydrogen-bond donors (Lipinski definition) is 1. The summed E-state index contributed by atoms with van der Waals surface area (Å²) in [6.45, 7) is 3.18. The van der Waals surface area contributed by atoms with Gasteiger partial charge in [-0.25, -0.2) is 0 Å². The first kappa shape index (κ1) is 12.7. The molecule has 0 saturated carbocycles. The summed E-state index contributed by atoms with van der Waals surface area (Å²) in [5.41, 5.74) is -0.502. The Morgan fingerprint density at radius 2 is 2.12 bits per heavy atom. The predicted octanol–water partition coefficient (Wildman–Crippen LogP) is 3.44. The summed E-state index contributed by atoms with van der Waals surface area (Å²) in [7, 11) is 0. The van der Waals surface area contributed by atoms with Crippen LogP contribution >= 0.6 is 0 Å². The fourth-order valence-corrected chi connectivity index (χ4v) is 2.62. The van der Waals surface area contributed by atoms with Gasteiger partial charge in [-0.2, -0.15) is 13.2 Å². The molecular formula is C13H18F3N. The number of alkyl halides is 3. The van der Waals surface area contributed by atoms with Crippen molar-refractivity contribution in [3.63, 3.8) is 0 Å². The van der Waals surface area contributed by atoms with Gasteiger partial charge in [0, 0.05) is 6.04 Å². The van der Waals surface area contributed by atoms with E-state index in [2.05, 4.69) is 12.2 Å². The highest BCUT2D eigenvalue weighted by Gasteiger charge is 2.34. The molecule has 0 aromatic heterocycles. The third kappa shape index (κ3) is 3.12. The van der Waals surface area contributed by atoms with E-state index in [0.29, 0.717) is 18.4 Å². The van der Waals surface area contributed by atoms with Crippen LogP contribution in [0.3, 0.4) is 0 Å². The van der Waals surface area contributed by atoms with Gasteiger partial charge in [0.05, 0.1) is 5.57 Å². The molecule has 96 valence electrons. The van der Waals surface area contributed by atoms with Crippen molar-refractivity contribution in [1.82, 2.24) is 5.32 Å². The van der Waals surface area contributed by atoms with Crippen LogP contribution in [0.4, 0.5) is 13.2 Å². The molecule has 3 atom stereocenters. The highest BCUT2D eigenvalue weighted by molar-refractivity contribution is 5.28. The summed E-state index contributed by atoms with van der Waals surface area (Å²) in [6, 6.07) is 0.334. The smallest absolute Gasteiger partial charge is 0.313 e. The molecule has 0 aromatic carbocycles. The summed E-state index contributed by atoms with van der Waals surface area (Å²) in [5, 5.41) is 3.41. The minimum absolute atomic E-state index is 0.212. The maximum absolute atomic E-state index is 12.4. The molecule has 1 nitrogen and oxygen atoms in total. The largest absolute Gasteiger partial charge is 0.416 e. The Hall–Kier alpha value is -0.770. The van der Waals surface area contributed by atoms with Crippen molar-refractivity contribution in [2.75, 3.05) is 6.54 Å². The van der Waals surface area contributed by atoms with Crippen LogP contribution in [0.2, 0.25) is 0 Å². The second-order valence-corrected chi connectivity index (χ2v) is 5.11. The fourth-order valence-electron chi connectivity index (χ4n) is 2.62. The van der Waals surface area contributed by atoms with Crippen molar-refractivity contribution >= 4 is 0 Å². The lowest BCUT2D eigenvalue weighted by Crippen LogP contribution is -2.42. The highest BCUT2D eigenvalue weighted by atomic mass is 19.4. The van der Waals surface area contributed by atoms with Crippen LogP contribution in [-0.2, 0) is 0 Å². The van der Waals surface area contributed by atoms with Crippen molar-refractivity contribution in [3.05, 3.63) is 23.8 Å². The number of piperidine rings is 1. The van der Waals surface area contributed by atoms with Crippen LogP contribution < -0.4 is 5.32 Å². The summed E-state index contributed by atoms with van der Waals surface area (Å²) < 4.78 is 37.3. The molecule has 2 aliphatic rings. The second-order valence-electron chi connectivity index (χ2n) is 5.11. The Balaban J connectivity index is 1.95. The zero-order valence-corrected chi connectivity index (χ0v) is 9.93. The molecule has 1 saturated heterocycles. The SMILES string of the molecule is CC1CCN[C@@H](C2C=CC(C(F)(F)F)=CC2)C1. The molecule has 2 rings (SSSR count). The summed E-state index contributed by atoms with van der Waals surface area (Å²) in [4.78, 5) is 0. The zero-order chi connectivity index (χ0) is 12.5. The maximum Gasteiger partial charge on any atom is 0.416 e. The molecule has 4 heteroatoms. The van der Waals surface area contributed by atoms with Gasteiger partial charge in [0.2, 0.25) is 0 Å². The van der Waals surface area contributed by atoms with Gasteiger partial charge >= 0.3 is 6.18 Å². The van der Waals surface area contributed by atoms with Crippen LogP contribution in [0.5, 0.6) is 0 Å². The average molecular weight is 245 g/mol. The van der Waals surface area contributed by atoms with E-state index in [1.807, 2.05) is 0 Å². The number of hydrogen-bond acceptors (Lipinski definition) is 1. The maximum atomic E-state index is 12.4. The Morgan fingerprint density at radius 3 is 2.65 bits per heavy atom. The molecule has 1 aliphatic heterocycles. The van der Waals surface area contributed by atoms with Crippen LogP contribution in [-0.4, -0.2) is 18.8 Å². The molecular weight excluding hydrogens is 227 g/mol.